The van der Waals surface area contributed by atoms with E-state index in [4.69, 9.17) is 18.0 Å². The third kappa shape index (κ3) is 2.64. The molecule has 1 amide bonds. The van der Waals surface area contributed by atoms with Crippen molar-refractivity contribution in [1.29, 1.82) is 0 Å². The lowest BCUT2D eigenvalue weighted by molar-refractivity contribution is -0.117. The molecule has 0 atom stereocenters. The van der Waals surface area contributed by atoms with E-state index >= 15 is 0 Å². The van der Waals surface area contributed by atoms with Crippen LogP contribution in [0.25, 0.3) is 0 Å². The van der Waals surface area contributed by atoms with Crippen molar-refractivity contribution in [2.75, 3.05) is 11.4 Å². The highest BCUT2D eigenvalue weighted by Crippen LogP contribution is 2.28. The maximum absolute atomic E-state index is 12.0. The van der Waals surface area contributed by atoms with Gasteiger partial charge in [0.05, 0.1) is 11.4 Å². The van der Waals surface area contributed by atoms with Crippen LogP contribution in [-0.2, 0) is 11.2 Å². The van der Waals surface area contributed by atoms with Crippen LogP contribution in [0.2, 0.25) is 0 Å². The first-order chi connectivity index (χ1) is 8.08. The van der Waals surface area contributed by atoms with Gasteiger partial charge in [-0.3, -0.25) is 4.79 Å². The summed E-state index contributed by atoms with van der Waals surface area (Å²) in [7, 11) is 0. The lowest BCUT2D eigenvalue weighted by Gasteiger charge is -2.29. The Kier molecular flexibility index (Phi) is 3.43. The van der Waals surface area contributed by atoms with Gasteiger partial charge in [-0.2, -0.15) is 0 Å². The standard InChI is InChI=1S/C13H16N2OS/c1-9-4-5-11-10(7-9)3-2-6-15(11)13(16)8-12(14)17/h4-5,7H,2-3,6,8H2,1H3,(H2,14,17). The molecule has 0 saturated heterocycles. The third-order valence-electron chi connectivity index (χ3n) is 2.98. The molecule has 0 radical (unpaired) electrons. The molecule has 1 aromatic carbocycles. The summed E-state index contributed by atoms with van der Waals surface area (Å²) in [5.41, 5.74) is 8.92. The molecule has 0 fully saturated rings. The quantitative estimate of drug-likeness (QED) is 0.814. The van der Waals surface area contributed by atoms with Crippen LogP contribution < -0.4 is 10.6 Å². The van der Waals surface area contributed by atoms with Gasteiger partial charge >= 0.3 is 0 Å². The predicted molar refractivity (Wildman–Crippen MR) is 73.3 cm³/mol. The van der Waals surface area contributed by atoms with E-state index in [-0.39, 0.29) is 17.3 Å². The summed E-state index contributed by atoms with van der Waals surface area (Å²) >= 11 is 4.79. The van der Waals surface area contributed by atoms with Gasteiger partial charge in [-0.05, 0) is 31.4 Å². The van der Waals surface area contributed by atoms with Gasteiger partial charge in [0.25, 0.3) is 0 Å². The number of thiocarbonyl (C=S) groups is 1. The Morgan fingerprint density at radius 3 is 3.00 bits per heavy atom. The molecule has 90 valence electrons. The summed E-state index contributed by atoms with van der Waals surface area (Å²) in [5.74, 6) is 0.00213. The molecule has 0 spiro atoms. The molecule has 2 rings (SSSR count). The fourth-order valence-corrected chi connectivity index (χ4v) is 2.35. The number of anilines is 1. The molecule has 17 heavy (non-hydrogen) atoms. The second kappa shape index (κ2) is 4.84. The number of nitrogens with zero attached hydrogens (tertiary/aromatic N) is 1. The zero-order chi connectivity index (χ0) is 12.4. The monoisotopic (exact) mass is 248 g/mol. The Bertz CT molecular complexity index is 470. The highest BCUT2D eigenvalue weighted by atomic mass is 32.1. The molecular weight excluding hydrogens is 232 g/mol. The summed E-state index contributed by atoms with van der Waals surface area (Å²) in [6, 6.07) is 6.20. The largest absolute Gasteiger partial charge is 0.393 e. The van der Waals surface area contributed by atoms with Gasteiger partial charge in [0.2, 0.25) is 5.91 Å². The number of hydrogen-bond acceptors (Lipinski definition) is 2. The summed E-state index contributed by atoms with van der Waals surface area (Å²) in [4.78, 5) is 14.1. The van der Waals surface area contributed by atoms with Crippen LogP contribution in [0.3, 0.4) is 0 Å². The van der Waals surface area contributed by atoms with Gasteiger partial charge in [0.15, 0.2) is 0 Å². The molecule has 3 nitrogen and oxygen atoms in total. The molecule has 0 aliphatic carbocycles. The van der Waals surface area contributed by atoms with Crippen LogP contribution in [0.5, 0.6) is 0 Å². The highest BCUT2D eigenvalue weighted by Gasteiger charge is 2.22. The minimum atomic E-state index is 0.00213. The Hall–Kier alpha value is -1.42. The lowest BCUT2D eigenvalue weighted by Crippen LogP contribution is -2.37. The van der Waals surface area contributed by atoms with Crippen LogP contribution in [-0.4, -0.2) is 17.4 Å². The number of rotatable bonds is 2. The van der Waals surface area contributed by atoms with Crippen molar-refractivity contribution in [3.8, 4) is 0 Å². The topological polar surface area (TPSA) is 46.3 Å². The Labute approximate surface area is 107 Å². The Morgan fingerprint density at radius 2 is 2.29 bits per heavy atom. The molecule has 0 aromatic heterocycles. The van der Waals surface area contributed by atoms with E-state index in [0.29, 0.717) is 0 Å². The first-order valence-electron chi connectivity index (χ1n) is 5.76. The van der Waals surface area contributed by atoms with E-state index in [1.165, 1.54) is 11.1 Å². The van der Waals surface area contributed by atoms with E-state index < -0.39 is 0 Å². The maximum atomic E-state index is 12.0. The SMILES string of the molecule is Cc1ccc2c(c1)CCCN2C(=O)CC(N)=S. The van der Waals surface area contributed by atoms with E-state index in [0.717, 1.165) is 25.1 Å². The van der Waals surface area contributed by atoms with Gasteiger partial charge < -0.3 is 10.6 Å². The van der Waals surface area contributed by atoms with Crippen molar-refractivity contribution in [1.82, 2.24) is 0 Å². The number of fused-ring (bicyclic) bond motifs is 1. The number of benzene rings is 1. The first kappa shape index (κ1) is 12.0. The van der Waals surface area contributed by atoms with Gasteiger partial charge in [0.1, 0.15) is 0 Å². The van der Waals surface area contributed by atoms with Crippen molar-refractivity contribution in [3.05, 3.63) is 29.3 Å². The highest BCUT2D eigenvalue weighted by molar-refractivity contribution is 7.80. The van der Waals surface area contributed by atoms with Crippen molar-refractivity contribution in [2.24, 2.45) is 5.73 Å². The first-order valence-corrected chi connectivity index (χ1v) is 6.17. The summed E-state index contributed by atoms with van der Waals surface area (Å²) in [5, 5.41) is 0. The van der Waals surface area contributed by atoms with Crippen molar-refractivity contribution < 1.29 is 4.79 Å². The van der Waals surface area contributed by atoms with Crippen LogP contribution in [0.15, 0.2) is 18.2 Å². The molecule has 1 aliphatic heterocycles. The van der Waals surface area contributed by atoms with Crippen LogP contribution in [0.4, 0.5) is 5.69 Å². The lowest BCUT2D eigenvalue weighted by atomic mass is 9.99. The Morgan fingerprint density at radius 1 is 1.53 bits per heavy atom. The number of amides is 1. The molecule has 1 aliphatic rings. The second-order valence-corrected chi connectivity index (χ2v) is 4.95. The van der Waals surface area contributed by atoms with E-state index in [1.807, 2.05) is 12.1 Å². The zero-order valence-electron chi connectivity index (χ0n) is 9.90. The average molecular weight is 248 g/mol. The molecule has 0 bridgehead atoms. The molecule has 2 N–H and O–H groups in total. The summed E-state index contributed by atoms with van der Waals surface area (Å²) < 4.78 is 0. The number of carbonyl (C=O) groups is 1. The number of aryl methyl sites for hydroxylation is 2. The average Bonchev–Trinajstić information content (AvgIpc) is 2.26. The van der Waals surface area contributed by atoms with Crippen LogP contribution >= 0.6 is 12.2 Å². The molecule has 4 heteroatoms. The number of carbonyl (C=O) groups excluding carboxylic acids is 1. The van der Waals surface area contributed by atoms with Crippen molar-refractivity contribution in [2.45, 2.75) is 26.2 Å². The minimum Gasteiger partial charge on any atom is -0.393 e. The molecular formula is C13H16N2OS. The fourth-order valence-electron chi connectivity index (χ4n) is 2.23. The number of nitrogens with two attached hydrogens (primary N) is 1. The second-order valence-electron chi connectivity index (χ2n) is 4.42. The van der Waals surface area contributed by atoms with Gasteiger partial charge in [-0.15, -0.1) is 0 Å². The van der Waals surface area contributed by atoms with Crippen molar-refractivity contribution in [3.63, 3.8) is 0 Å². The van der Waals surface area contributed by atoms with Crippen LogP contribution in [0.1, 0.15) is 24.0 Å². The smallest absolute Gasteiger partial charge is 0.233 e. The molecule has 1 heterocycles. The zero-order valence-corrected chi connectivity index (χ0v) is 10.7. The fraction of sp³-hybridized carbons (Fsp3) is 0.385. The third-order valence-corrected chi connectivity index (χ3v) is 3.12. The van der Waals surface area contributed by atoms with E-state index in [1.54, 1.807) is 4.90 Å². The van der Waals surface area contributed by atoms with Crippen LogP contribution in [0, 0.1) is 6.92 Å². The summed E-state index contributed by atoms with van der Waals surface area (Å²) in [6.45, 7) is 2.83. The number of hydrogen-bond donors (Lipinski definition) is 1. The maximum Gasteiger partial charge on any atom is 0.233 e. The van der Waals surface area contributed by atoms with Gasteiger partial charge in [0, 0.05) is 12.2 Å². The van der Waals surface area contributed by atoms with E-state index in [2.05, 4.69) is 13.0 Å². The van der Waals surface area contributed by atoms with Gasteiger partial charge in [-0.25, -0.2) is 0 Å². The summed E-state index contributed by atoms with van der Waals surface area (Å²) in [6.07, 6.45) is 2.19. The van der Waals surface area contributed by atoms with E-state index in [9.17, 15) is 4.79 Å². The van der Waals surface area contributed by atoms with Crippen molar-refractivity contribution >= 4 is 28.8 Å². The normalized spacial score (nSPS) is 14.3. The van der Waals surface area contributed by atoms with Gasteiger partial charge in [-0.1, -0.05) is 29.9 Å². The Balaban J connectivity index is 2.28. The molecule has 0 unspecified atom stereocenters. The minimum absolute atomic E-state index is 0.00213. The molecule has 0 saturated carbocycles. The molecule has 1 aromatic rings. The predicted octanol–water partition coefficient (Wildman–Crippen LogP) is 1.95.